The molecule has 0 saturated heterocycles. The van der Waals surface area contributed by atoms with Gasteiger partial charge in [0.05, 0.1) is 34.3 Å². The van der Waals surface area contributed by atoms with Crippen molar-refractivity contribution in [1.82, 2.24) is 0 Å². The average molecular weight is 513 g/mol. The fraction of sp³-hybridized carbons (Fsp3) is 0.136. The molecule has 1 heterocycles. The van der Waals surface area contributed by atoms with Crippen LogP contribution in [0.25, 0.3) is 0 Å². The van der Waals surface area contributed by atoms with Crippen molar-refractivity contribution in [1.29, 1.82) is 0 Å². The van der Waals surface area contributed by atoms with E-state index >= 15 is 0 Å². The van der Waals surface area contributed by atoms with Gasteiger partial charge < -0.3 is 15.2 Å². The summed E-state index contributed by atoms with van der Waals surface area (Å²) in [6.07, 6.45) is -0.940. The van der Waals surface area contributed by atoms with E-state index in [9.17, 15) is 31.5 Å². The Morgan fingerprint density at radius 2 is 1.85 bits per heavy atom. The minimum Gasteiger partial charge on any atom is -0.484 e. The Morgan fingerprint density at radius 1 is 1.09 bits per heavy atom. The number of benzene rings is 3. The first kappa shape index (κ1) is 23.9. The predicted octanol–water partition coefficient (Wildman–Crippen LogP) is 3.96. The summed E-state index contributed by atoms with van der Waals surface area (Å²) in [7, 11) is -4.43. The fourth-order valence-corrected chi connectivity index (χ4v) is 5.15. The average Bonchev–Trinajstić information content (AvgIpc) is 2.79. The van der Waals surface area contributed by atoms with Crippen molar-refractivity contribution < 1.29 is 36.2 Å². The van der Waals surface area contributed by atoms with Crippen molar-refractivity contribution in [3.8, 4) is 5.75 Å². The van der Waals surface area contributed by atoms with Crippen LogP contribution in [0.15, 0.2) is 59.5 Å². The van der Waals surface area contributed by atoms with Gasteiger partial charge in [0.25, 0.3) is 15.9 Å². The molecule has 4 rings (SSSR count). The molecule has 178 valence electrons. The summed E-state index contributed by atoms with van der Waals surface area (Å²) < 4.78 is 74.1. The molecule has 34 heavy (non-hydrogen) atoms. The molecule has 0 aromatic heterocycles. The number of rotatable bonds is 5. The van der Waals surface area contributed by atoms with Crippen molar-refractivity contribution in [3.63, 3.8) is 0 Å². The van der Waals surface area contributed by atoms with Gasteiger partial charge in [-0.2, -0.15) is 0 Å². The molecule has 0 fully saturated rings. The summed E-state index contributed by atoms with van der Waals surface area (Å²) in [4.78, 5) is 12.1. The molecule has 0 bridgehead atoms. The van der Waals surface area contributed by atoms with Crippen molar-refractivity contribution >= 4 is 38.9 Å². The van der Waals surface area contributed by atoms with Gasteiger partial charge in [-0.15, -0.1) is 0 Å². The topological polar surface area (TPSA) is 95.9 Å². The summed E-state index contributed by atoms with van der Waals surface area (Å²) in [5.41, 5.74) is -0.351. The Balaban J connectivity index is 1.74. The van der Waals surface area contributed by atoms with E-state index < -0.39 is 56.6 Å². The summed E-state index contributed by atoms with van der Waals surface area (Å²) in [5, 5.41) is 11.9. The molecule has 1 amide bonds. The van der Waals surface area contributed by atoms with Gasteiger partial charge in [-0.05, 0) is 48.5 Å². The lowest BCUT2D eigenvalue weighted by Crippen LogP contribution is -2.45. The minimum absolute atomic E-state index is 0.0353. The number of nitrogens with zero attached hydrogens (tertiary/aromatic N) is 1. The molecule has 0 radical (unpaired) electrons. The van der Waals surface area contributed by atoms with Crippen LogP contribution in [0.1, 0.15) is 10.4 Å². The first-order valence-electron chi connectivity index (χ1n) is 9.76. The second-order valence-corrected chi connectivity index (χ2v) is 9.54. The van der Waals surface area contributed by atoms with Crippen molar-refractivity contribution in [3.05, 3.63) is 82.6 Å². The summed E-state index contributed by atoms with van der Waals surface area (Å²) in [6.45, 7) is -0.866. The molecule has 0 aliphatic carbocycles. The molecule has 3 aromatic rings. The van der Waals surface area contributed by atoms with Gasteiger partial charge in [0.1, 0.15) is 17.7 Å². The van der Waals surface area contributed by atoms with Crippen LogP contribution in [-0.4, -0.2) is 38.7 Å². The Hall–Kier alpha value is -3.28. The zero-order valence-corrected chi connectivity index (χ0v) is 18.7. The molecular formula is C22H16ClF3N2O5S. The van der Waals surface area contributed by atoms with Gasteiger partial charge in [-0.1, -0.05) is 17.7 Å². The number of hydrogen-bond donors (Lipinski definition) is 2. The second-order valence-electron chi connectivity index (χ2n) is 7.27. The zero-order chi connectivity index (χ0) is 24.6. The predicted molar refractivity (Wildman–Crippen MR) is 118 cm³/mol. The van der Waals surface area contributed by atoms with E-state index in [2.05, 4.69) is 5.32 Å². The smallest absolute Gasteiger partial charge is 0.264 e. The highest BCUT2D eigenvalue weighted by Gasteiger charge is 2.35. The summed E-state index contributed by atoms with van der Waals surface area (Å²) in [5.74, 6) is -4.23. The number of carbonyl (C=O) groups is 1. The first-order valence-corrected chi connectivity index (χ1v) is 11.6. The molecule has 0 saturated carbocycles. The van der Waals surface area contributed by atoms with Gasteiger partial charge >= 0.3 is 0 Å². The maximum absolute atomic E-state index is 14.1. The molecule has 0 spiro atoms. The number of fused-ring (bicyclic) bond motifs is 1. The number of aliphatic hydroxyl groups is 1. The number of nitrogens with one attached hydrogen (secondary N) is 1. The third-order valence-electron chi connectivity index (χ3n) is 5.02. The Morgan fingerprint density at radius 3 is 2.53 bits per heavy atom. The highest BCUT2D eigenvalue weighted by molar-refractivity contribution is 7.92. The highest BCUT2D eigenvalue weighted by Crippen LogP contribution is 2.39. The third-order valence-corrected chi connectivity index (χ3v) is 7.11. The number of halogens is 4. The Labute approximate surface area is 197 Å². The highest BCUT2D eigenvalue weighted by atomic mass is 35.5. The largest absolute Gasteiger partial charge is 0.484 e. The maximum atomic E-state index is 14.1. The van der Waals surface area contributed by atoms with E-state index in [1.165, 1.54) is 30.3 Å². The third kappa shape index (κ3) is 4.41. The summed E-state index contributed by atoms with van der Waals surface area (Å²) >= 11 is 5.92. The second kappa shape index (κ2) is 9.16. The number of carbonyl (C=O) groups excluding carboxylic acids is 1. The van der Waals surface area contributed by atoms with Crippen LogP contribution in [0.5, 0.6) is 5.75 Å². The zero-order valence-electron chi connectivity index (χ0n) is 17.1. The molecule has 0 unspecified atom stereocenters. The standard InChI is InChI=1S/C22H16ClF3N2O5S/c23-15-2-1-3-17(25)21(15)22(30)27-12-4-7-20-19(8-12)28(10-13(11-29)33-20)34(31,32)14-5-6-16(24)18(26)9-14/h1-9,13,29H,10-11H2,(H,27,30)/t13-/m0/s1. The lowest BCUT2D eigenvalue weighted by molar-refractivity contribution is 0.102. The molecule has 1 aliphatic rings. The molecule has 1 atom stereocenters. The summed E-state index contributed by atoms with van der Waals surface area (Å²) in [6, 6.07) is 9.86. The number of anilines is 2. The van der Waals surface area contributed by atoms with Gasteiger partial charge in [-0.3, -0.25) is 9.10 Å². The van der Waals surface area contributed by atoms with Crippen LogP contribution in [0.2, 0.25) is 5.02 Å². The quantitative estimate of drug-likeness (QED) is 0.539. The molecule has 12 heteroatoms. The van der Waals surface area contributed by atoms with E-state index in [4.69, 9.17) is 16.3 Å². The van der Waals surface area contributed by atoms with Crippen LogP contribution >= 0.6 is 11.6 Å². The van der Waals surface area contributed by atoms with Crippen LogP contribution in [0.3, 0.4) is 0 Å². The van der Waals surface area contributed by atoms with Gasteiger partial charge in [0.2, 0.25) is 0 Å². The number of aliphatic hydroxyl groups excluding tert-OH is 1. The molecular weight excluding hydrogens is 497 g/mol. The van der Waals surface area contributed by atoms with Crippen molar-refractivity contribution in [2.45, 2.75) is 11.0 Å². The lowest BCUT2D eigenvalue weighted by Gasteiger charge is -2.35. The molecule has 1 aliphatic heterocycles. The van der Waals surface area contributed by atoms with Crippen LogP contribution in [0, 0.1) is 17.5 Å². The maximum Gasteiger partial charge on any atom is 0.264 e. The monoisotopic (exact) mass is 512 g/mol. The van der Waals surface area contributed by atoms with E-state index in [1.807, 2.05) is 0 Å². The van der Waals surface area contributed by atoms with Gasteiger partial charge in [0, 0.05) is 5.69 Å². The first-order chi connectivity index (χ1) is 16.1. The van der Waals surface area contributed by atoms with Gasteiger partial charge in [0.15, 0.2) is 11.6 Å². The SMILES string of the molecule is O=C(Nc1ccc2c(c1)N(S(=O)(=O)c1ccc(F)c(F)c1)C[C@@H](CO)O2)c1c(F)cccc1Cl. The molecule has 3 aromatic carbocycles. The van der Waals surface area contributed by atoms with E-state index in [0.717, 1.165) is 16.4 Å². The van der Waals surface area contributed by atoms with Crippen molar-refractivity contribution in [2.24, 2.45) is 0 Å². The van der Waals surface area contributed by atoms with Gasteiger partial charge in [-0.25, -0.2) is 21.6 Å². The molecule has 2 N–H and O–H groups in total. The number of ether oxygens (including phenoxy) is 1. The number of sulfonamides is 1. The Bertz CT molecular complexity index is 1370. The van der Waals surface area contributed by atoms with Crippen LogP contribution in [0.4, 0.5) is 24.5 Å². The van der Waals surface area contributed by atoms with Crippen LogP contribution < -0.4 is 14.4 Å². The lowest BCUT2D eigenvalue weighted by atomic mass is 10.1. The Kier molecular flexibility index (Phi) is 6.43. The number of amides is 1. The van der Waals surface area contributed by atoms with Crippen molar-refractivity contribution in [2.75, 3.05) is 22.8 Å². The fourth-order valence-electron chi connectivity index (χ4n) is 3.39. The molecule has 7 nitrogen and oxygen atoms in total. The van der Waals surface area contributed by atoms with E-state index in [1.54, 1.807) is 0 Å². The van der Waals surface area contributed by atoms with E-state index in [-0.39, 0.29) is 28.7 Å². The minimum atomic E-state index is -4.43. The van der Waals surface area contributed by atoms with Crippen LogP contribution in [-0.2, 0) is 10.0 Å². The van der Waals surface area contributed by atoms with E-state index in [0.29, 0.717) is 12.1 Å². The number of hydrogen-bond acceptors (Lipinski definition) is 5. The normalized spacial score (nSPS) is 15.4.